The van der Waals surface area contributed by atoms with Crippen LogP contribution in [0.1, 0.15) is 66.1 Å². The number of nitrogens with zero attached hydrogens (tertiary/aromatic N) is 4. The summed E-state index contributed by atoms with van der Waals surface area (Å²) in [6.45, 7) is 0.321. The van der Waals surface area contributed by atoms with Crippen LogP contribution < -0.4 is 0 Å². The summed E-state index contributed by atoms with van der Waals surface area (Å²) in [7, 11) is 1.49. The fourth-order valence-electron chi connectivity index (χ4n) is 4.88. The van der Waals surface area contributed by atoms with Crippen molar-refractivity contribution in [3.8, 4) is 11.1 Å². The summed E-state index contributed by atoms with van der Waals surface area (Å²) in [6, 6.07) is 17.2. The van der Waals surface area contributed by atoms with E-state index in [1.165, 1.54) is 7.11 Å². The van der Waals surface area contributed by atoms with Crippen molar-refractivity contribution in [1.82, 2.24) is 15.0 Å². The van der Waals surface area contributed by atoms with Crippen molar-refractivity contribution in [3.05, 3.63) is 71.9 Å². The maximum absolute atomic E-state index is 13.5. The smallest absolute Gasteiger partial charge is 0.254 e. The number of rotatable bonds is 5. The van der Waals surface area contributed by atoms with Gasteiger partial charge in [-0.15, -0.1) is 0 Å². The number of hydrogen-bond acceptors (Lipinski definition) is 7. The molecule has 3 atom stereocenters. The third kappa shape index (κ3) is 4.46. The average Bonchev–Trinajstić information content (AvgIpc) is 3.52. The summed E-state index contributed by atoms with van der Waals surface area (Å²) in [5, 5.41) is 18.6. The number of aromatic nitrogens is 2. The summed E-state index contributed by atoms with van der Waals surface area (Å²) in [6.07, 6.45) is 3.60. The monoisotopic (exact) mass is 460 g/mol. The molecule has 1 saturated heterocycles. The van der Waals surface area contributed by atoms with Crippen LogP contribution in [0, 0.1) is 0 Å². The molecule has 1 aliphatic carbocycles. The predicted molar refractivity (Wildman–Crippen MR) is 126 cm³/mol. The third-order valence-corrected chi connectivity index (χ3v) is 6.68. The molecular weight excluding hydrogens is 432 g/mol. The maximum Gasteiger partial charge on any atom is 0.254 e. The Morgan fingerprint density at radius 1 is 1.09 bits per heavy atom. The zero-order valence-corrected chi connectivity index (χ0v) is 19.1. The highest BCUT2D eigenvalue weighted by Gasteiger charge is 2.39. The molecule has 2 fully saturated rings. The molecule has 1 aliphatic heterocycles. The number of aliphatic hydroxyl groups excluding tert-OH is 1. The summed E-state index contributed by atoms with van der Waals surface area (Å²) in [5.41, 5.74) is 3.45. The van der Waals surface area contributed by atoms with Gasteiger partial charge in [0.15, 0.2) is 5.82 Å². The summed E-state index contributed by atoms with van der Waals surface area (Å²) in [4.78, 5) is 24.8. The van der Waals surface area contributed by atoms with Crippen molar-refractivity contribution in [1.29, 1.82) is 0 Å². The van der Waals surface area contributed by atoms with Crippen LogP contribution in [0.4, 0.5) is 0 Å². The fourth-order valence-corrected chi connectivity index (χ4v) is 4.88. The van der Waals surface area contributed by atoms with Gasteiger partial charge in [0.1, 0.15) is 13.2 Å². The first-order valence-electron chi connectivity index (χ1n) is 11.7. The van der Waals surface area contributed by atoms with Crippen LogP contribution in [0.2, 0.25) is 0 Å². The molecule has 0 bridgehead atoms. The molecule has 8 heteroatoms. The molecule has 0 spiro atoms. The maximum atomic E-state index is 13.5. The van der Waals surface area contributed by atoms with Gasteiger partial charge in [0, 0.05) is 17.9 Å². The number of likely N-dealkylation sites (tertiary alicyclic amines) is 1. The van der Waals surface area contributed by atoms with Crippen LogP contribution >= 0.6 is 0 Å². The van der Waals surface area contributed by atoms with E-state index < -0.39 is 12.1 Å². The molecule has 8 nitrogen and oxygen atoms in total. The van der Waals surface area contributed by atoms with Gasteiger partial charge in [-0.2, -0.15) is 4.98 Å². The Labute approximate surface area is 198 Å². The van der Waals surface area contributed by atoms with E-state index in [1.807, 2.05) is 54.6 Å². The Kier molecular flexibility index (Phi) is 6.40. The molecule has 1 saturated carbocycles. The van der Waals surface area contributed by atoms with Crippen LogP contribution in [-0.4, -0.2) is 51.5 Å². The van der Waals surface area contributed by atoms with Crippen LogP contribution in [0.15, 0.2) is 64.3 Å². The average molecular weight is 461 g/mol. The van der Waals surface area contributed by atoms with Gasteiger partial charge < -0.3 is 19.4 Å². The Morgan fingerprint density at radius 2 is 1.82 bits per heavy atom. The molecule has 3 aromatic rings. The zero-order valence-electron chi connectivity index (χ0n) is 19.1. The molecule has 1 aromatic heterocycles. The van der Waals surface area contributed by atoms with E-state index >= 15 is 0 Å². The lowest BCUT2D eigenvalue weighted by molar-refractivity contribution is 0.0713. The number of benzene rings is 2. The van der Waals surface area contributed by atoms with E-state index in [9.17, 15) is 9.90 Å². The Bertz CT molecular complexity index is 1160. The van der Waals surface area contributed by atoms with Crippen LogP contribution in [-0.2, 0) is 4.84 Å². The first-order chi connectivity index (χ1) is 16.6. The van der Waals surface area contributed by atoms with Crippen molar-refractivity contribution in [2.24, 2.45) is 5.16 Å². The highest BCUT2D eigenvalue weighted by Crippen LogP contribution is 2.35. The molecule has 2 aliphatic rings. The molecule has 1 unspecified atom stereocenters. The first-order valence-corrected chi connectivity index (χ1v) is 11.7. The quantitative estimate of drug-likeness (QED) is 0.568. The summed E-state index contributed by atoms with van der Waals surface area (Å²) < 4.78 is 5.61. The van der Waals surface area contributed by atoms with Crippen molar-refractivity contribution in [3.63, 3.8) is 0 Å². The highest BCUT2D eigenvalue weighted by atomic mass is 16.6. The standard InChI is InChI=1S/C26H28N4O4/c1-33-28-20-15-22(25-27-24(29-34-25)21-9-5-6-10-23(21)31)30(16-20)26(32)19-13-11-18(12-14-19)17-7-3-2-4-8-17/h2-4,7-8,11-14,21-23,31H,5-6,9-10,15-16H2,1H3/b28-20-/t21-,22+,23?/m1/s1. The van der Waals surface area contributed by atoms with Gasteiger partial charge in [-0.1, -0.05) is 65.6 Å². The first kappa shape index (κ1) is 22.3. The van der Waals surface area contributed by atoms with E-state index in [0.717, 1.165) is 42.5 Å². The fraction of sp³-hybridized carbons (Fsp3) is 0.385. The van der Waals surface area contributed by atoms with E-state index in [2.05, 4.69) is 15.3 Å². The molecule has 5 rings (SSSR count). The van der Waals surface area contributed by atoms with Crippen molar-refractivity contribution in [2.75, 3.05) is 13.7 Å². The van der Waals surface area contributed by atoms with E-state index in [1.54, 1.807) is 4.90 Å². The minimum Gasteiger partial charge on any atom is -0.399 e. The van der Waals surface area contributed by atoms with Gasteiger partial charge >= 0.3 is 0 Å². The van der Waals surface area contributed by atoms with Gasteiger partial charge in [-0.25, -0.2) is 0 Å². The normalized spacial score (nSPS) is 23.9. The van der Waals surface area contributed by atoms with E-state index in [4.69, 9.17) is 9.36 Å². The van der Waals surface area contributed by atoms with Crippen LogP contribution in [0.5, 0.6) is 0 Å². The molecule has 2 heterocycles. The van der Waals surface area contributed by atoms with Crippen molar-refractivity contribution < 1.29 is 19.3 Å². The Morgan fingerprint density at radius 3 is 2.56 bits per heavy atom. The topological polar surface area (TPSA) is 101 Å². The van der Waals surface area contributed by atoms with Crippen molar-refractivity contribution in [2.45, 2.75) is 50.2 Å². The molecular formula is C26H28N4O4. The second kappa shape index (κ2) is 9.77. The number of aliphatic hydroxyl groups is 1. The molecule has 2 aromatic carbocycles. The van der Waals surface area contributed by atoms with E-state index in [0.29, 0.717) is 30.2 Å². The lowest BCUT2D eigenvalue weighted by atomic mass is 9.86. The van der Waals surface area contributed by atoms with Gasteiger partial charge in [0.25, 0.3) is 5.91 Å². The number of hydrogen-bond donors (Lipinski definition) is 1. The molecule has 1 N–H and O–H groups in total. The third-order valence-electron chi connectivity index (χ3n) is 6.68. The van der Waals surface area contributed by atoms with Gasteiger partial charge in [0.2, 0.25) is 5.89 Å². The minimum absolute atomic E-state index is 0.130. The summed E-state index contributed by atoms with van der Waals surface area (Å²) >= 11 is 0. The van der Waals surface area contributed by atoms with Gasteiger partial charge in [-0.05, 0) is 36.1 Å². The van der Waals surface area contributed by atoms with E-state index in [-0.39, 0.29) is 11.8 Å². The molecule has 176 valence electrons. The summed E-state index contributed by atoms with van der Waals surface area (Å²) in [5.74, 6) is 0.611. The predicted octanol–water partition coefficient (Wildman–Crippen LogP) is 4.34. The molecule has 34 heavy (non-hydrogen) atoms. The second-order valence-corrected chi connectivity index (χ2v) is 8.89. The lowest BCUT2D eigenvalue weighted by Gasteiger charge is -2.24. The largest absolute Gasteiger partial charge is 0.399 e. The highest BCUT2D eigenvalue weighted by molar-refractivity contribution is 6.00. The zero-order chi connectivity index (χ0) is 23.5. The van der Waals surface area contributed by atoms with Crippen LogP contribution in [0.3, 0.4) is 0 Å². The number of amides is 1. The number of carbonyl (C=O) groups is 1. The minimum atomic E-state index is -0.464. The Balaban J connectivity index is 1.39. The van der Waals surface area contributed by atoms with Gasteiger partial charge in [0.05, 0.1) is 18.4 Å². The SMILES string of the molecule is CO/N=C1/C[C@@H](c2nc([C@@H]3CCCCC3O)no2)N(C(=O)c2ccc(-c3ccccc3)cc2)C1. The molecule has 1 amide bonds. The van der Waals surface area contributed by atoms with Gasteiger partial charge in [-0.3, -0.25) is 4.79 Å². The Hall–Kier alpha value is -3.52. The number of carbonyl (C=O) groups excluding carboxylic acids is 1. The van der Waals surface area contributed by atoms with Crippen molar-refractivity contribution >= 4 is 11.6 Å². The second-order valence-electron chi connectivity index (χ2n) is 8.89. The lowest BCUT2D eigenvalue weighted by Crippen LogP contribution is -2.31. The number of oxime groups is 1. The van der Waals surface area contributed by atoms with Crippen LogP contribution in [0.25, 0.3) is 11.1 Å². The molecule has 0 radical (unpaired) electrons.